The summed E-state index contributed by atoms with van der Waals surface area (Å²) >= 11 is 0. The Hall–Kier alpha value is -1.84. The van der Waals surface area contributed by atoms with Crippen LogP contribution in [-0.4, -0.2) is 29.7 Å². The molecule has 3 rings (SSSR count). The van der Waals surface area contributed by atoms with E-state index >= 15 is 0 Å². The van der Waals surface area contributed by atoms with Crippen LogP contribution in [0.1, 0.15) is 11.1 Å². The van der Waals surface area contributed by atoms with E-state index in [9.17, 15) is 0 Å². The molecular formula is C18H21NO2. The molecule has 21 heavy (non-hydrogen) atoms. The minimum atomic E-state index is 0.302. The second-order valence-electron chi connectivity index (χ2n) is 5.66. The van der Waals surface area contributed by atoms with Gasteiger partial charge in [0, 0.05) is 32.2 Å². The van der Waals surface area contributed by atoms with Crippen molar-refractivity contribution in [3.8, 4) is 5.75 Å². The molecule has 1 saturated heterocycles. The number of likely N-dealkylation sites (tertiary alicyclic amines) is 1. The number of ether oxygens (including phenoxy) is 1. The molecule has 0 amide bonds. The van der Waals surface area contributed by atoms with E-state index in [1.807, 2.05) is 30.3 Å². The van der Waals surface area contributed by atoms with Crippen molar-refractivity contribution < 1.29 is 9.84 Å². The van der Waals surface area contributed by atoms with E-state index in [2.05, 4.69) is 29.2 Å². The second kappa shape index (κ2) is 6.74. The first kappa shape index (κ1) is 14.1. The Morgan fingerprint density at radius 2 is 1.76 bits per heavy atom. The fourth-order valence-electron chi connectivity index (χ4n) is 2.65. The molecule has 0 atom stereocenters. The van der Waals surface area contributed by atoms with Crippen LogP contribution in [0.25, 0.3) is 0 Å². The van der Waals surface area contributed by atoms with E-state index < -0.39 is 0 Å². The lowest BCUT2D eigenvalue weighted by molar-refractivity contribution is 0.0479. The highest BCUT2D eigenvalue weighted by atomic mass is 16.5. The summed E-state index contributed by atoms with van der Waals surface area (Å²) in [4.78, 5) is 2.34. The summed E-state index contributed by atoms with van der Waals surface area (Å²) < 4.78 is 5.85. The molecule has 0 saturated carbocycles. The Morgan fingerprint density at radius 1 is 1.00 bits per heavy atom. The monoisotopic (exact) mass is 283 g/mol. The van der Waals surface area contributed by atoms with Gasteiger partial charge in [-0.25, -0.2) is 0 Å². The molecule has 1 heterocycles. The van der Waals surface area contributed by atoms with Crippen LogP contribution in [0, 0.1) is 5.92 Å². The van der Waals surface area contributed by atoms with Gasteiger partial charge in [0.2, 0.25) is 0 Å². The number of hydrogen-bond donors (Lipinski definition) is 1. The van der Waals surface area contributed by atoms with Gasteiger partial charge in [-0.15, -0.1) is 0 Å². The van der Waals surface area contributed by atoms with Gasteiger partial charge in [0.1, 0.15) is 12.4 Å². The average molecular weight is 283 g/mol. The third kappa shape index (κ3) is 3.84. The Kier molecular flexibility index (Phi) is 4.53. The largest absolute Gasteiger partial charge is 0.489 e. The van der Waals surface area contributed by atoms with Crippen molar-refractivity contribution in [3.63, 3.8) is 0 Å². The molecule has 0 radical (unpaired) electrons. The Morgan fingerprint density at radius 3 is 2.52 bits per heavy atom. The molecule has 0 spiro atoms. The van der Waals surface area contributed by atoms with Crippen molar-refractivity contribution in [1.82, 2.24) is 4.90 Å². The summed E-state index contributed by atoms with van der Waals surface area (Å²) in [5.41, 5.74) is 2.44. The van der Waals surface area contributed by atoms with Crippen LogP contribution >= 0.6 is 0 Å². The van der Waals surface area contributed by atoms with Gasteiger partial charge in [0.15, 0.2) is 0 Å². The molecule has 2 aromatic rings. The highest BCUT2D eigenvalue weighted by Gasteiger charge is 2.25. The third-order valence-corrected chi connectivity index (χ3v) is 3.84. The number of hydrogen-bond acceptors (Lipinski definition) is 3. The zero-order valence-electron chi connectivity index (χ0n) is 12.1. The molecular weight excluding hydrogens is 262 g/mol. The summed E-state index contributed by atoms with van der Waals surface area (Å²) in [6.07, 6.45) is 0. The van der Waals surface area contributed by atoms with Crippen LogP contribution in [0.15, 0.2) is 54.6 Å². The molecule has 1 fully saturated rings. The molecule has 1 aliphatic rings. The van der Waals surface area contributed by atoms with Gasteiger partial charge in [0.25, 0.3) is 0 Å². The Balaban J connectivity index is 1.54. The smallest absolute Gasteiger partial charge is 0.120 e. The van der Waals surface area contributed by atoms with Crippen LogP contribution in [0.4, 0.5) is 0 Å². The predicted molar refractivity (Wildman–Crippen MR) is 83.1 cm³/mol. The highest BCUT2D eigenvalue weighted by Crippen LogP contribution is 2.21. The quantitative estimate of drug-likeness (QED) is 0.884. The van der Waals surface area contributed by atoms with E-state index in [0.717, 1.165) is 25.4 Å². The second-order valence-corrected chi connectivity index (χ2v) is 5.66. The first-order valence-electron chi connectivity index (χ1n) is 7.42. The average Bonchev–Trinajstić information content (AvgIpc) is 2.50. The molecule has 1 N–H and O–H groups in total. The van der Waals surface area contributed by atoms with Gasteiger partial charge in [-0.1, -0.05) is 42.5 Å². The number of aliphatic hydroxyl groups excluding tert-OH is 1. The molecule has 0 aromatic heterocycles. The van der Waals surface area contributed by atoms with Crippen molar-refractivity contribution >= 4 is 0 Å². The van der Waals surface area contributed by atoms with E-state index in [-0.39, 0.29) is 0 Å². The topological polar surface area (TPSA) is 32.7 Å². The predicted octanol–water partition coefficient (Wildman–Crippen LogP) is 2.69. The van der Waals surface area contributed by atoms with E-state index in [4.69, 9.17) is 9.84 Å². The maximum atomic E-state index is 9.05. The van der Waals surface area contributed by atoms with Crippen LogP contribution < -0.4 is 4.74 Å². The molecule has 0 unspecified atom stereocenters. The fourth-order valence-corrected chi connectivity index (χ4v) is 2.65. The van der Waals surface area contributed by atoms with Crippen LogP contribution in [0.2, 0.25) is 0 Å². The van der Waals surface area contributed by atoms with Crippen molar-refractivity contribution in [3.05, 3.63) is 65.7 Å². The summed E-state index contributed by atoms with van der Waals surface area (Å²) in [7, 11) is 0. The van der Waals surface area contributed by atoms with Crippen molar-refractivity contribution in [2.24, 2.45) is 5.92 Å². The Labute approximate surface area is 125 Å². The standard InChI is InChI=1S/C18H21NO2/c20-13-17-11-19(12-17)10-16-7-4-8-18(9-16)21-14-15-5-2-1-3-6-15/h1-9,17,20H,10-14H2. The number of aliphatic hydroxyl groups is 1. The minimum Gasteiger partial charge on any atom is -0.489 e. The fraction of sp³-hybridized carbons (Fsp3) is 0.333. The van der Waals surface area contributed by atoms with Crippen LogP contribution in [-0.2, 0) is 13.2 Å². The van der Waals surface area contributed by atoms with Gasteiger partial charge in [-0.2, -0.15) is 0 Å². The number of benzene rings is 2. The minimum absolute atomic E-state index is 0.302. The molecule has 2 aromatic carbocycles. The van der Waals surface area contributed by atoms with E-state index in [1.54, 1.807) is 0 Å². The van der Waals surface area contributed by atoms with Gasteiger partial charge >= 0.3 is 0 Å². The summed E-state index contributed by atoms with van der Waals surface area (Å²) in [5.74, 6) is 1.37. The van der Waals surface area contributed by atoms with Gasteiger partial charge < -0.3 is 9.84 Å². The third-order valence-electron chi connectivity index (χ3n) is 3.84. The molecule has 3 nitrogen and oxygen atoms in total. The maximum absolute atomic E-state index is 9.05. The van der Waals surface area contributed by atoms with E-state index in [0.29, 0.717) is 19.1 Å². The van der Waals surface area contributed by atoms with Gasteiger partial charge in [-0.05, 0) is 23.3 Å². The summed E-state index contributed by atoms with van der Waals surface area (Å²) in [6, 6.07) is 18.5. The zero-order valence-corrected chi connectivity index (χ0v) is 12.1. The lowest BCUT2D eigenvalue weighted by Crippen LogP contribution is -2.47. The van der Waals surface area contributed by atoms with Crippen molar-refractivity contribution in [2.75, 3.05) is 19.7 Å². The Bertz CT molecular complexity index is 564. The van der Waals surface area contributed by atoms with Gasteiger partial charge in [-0.3, -0.25) is 4.90 Å². The lowest BCUT2D eigenvalue weighted by atomic mass is 10.0. The molecule has 1 aliphatic heterocycles. The lowest BCUT2D eigenvalue weighted by Gasteiger charge is -2.38. The van der Waals surface area contributed by atoms with Gasteiger partial charge in [0.05, 0.1) is 0 Å². The maximum Gasteiger partial charge on any atom is 0.120 e. The van der Waals surface area contributed by atoms with Crippen molar-refractivity contribution in [2.45, 2.75) is 13.2 Å². The van der Waals surface area contributed by atoms with Crippen molar-refractivity contribution in [1.29, 1.82) is 0 Å². The summed E-state index contributed by atoms with van der Waals surface area (Å²) in [5, 5.41) is 9.05. The summed E-state index contributed by atoms with van der Waals surface area (Å²) in [6.45, 7) is 3.81. The first-order chi connectivity index (χ1) is 10.3. The van der Waals surface area contributed by atoms with Crippen LogP contribution in [0.3, 0.4) is 0 Å². The molecule has 110 valence electrons. The number of nitrogens with zero attached hydrogens (tertiary/aromatic N) is 1. The molecule has 0 aliphatic carbocycles. The number of rotatable bonds is 6. The van der Waals surface area contributed by atoms with Crippen LogP contribution in [0.5, 0.6) is 5.75 Å². The zero-order chi connectivity index (χ0) is 14.5. The molecule has 0 bridgehead atoms. The normalized spacial score (nSPS) is 15.7. The highest BCUT2D eigenvalue weighted by molar-refractivity contribution is 5.29. The van der Waals surface area contributed by atoms with E-state index in [1.165, 1.54) is 11.1 Å². The first-order valence-corrected chi connectivity index (χ1v) is 7.42. The molecule has 3 heteroatoms. The SMILES string of the molecule is OCC1CN(Cc2cccc(OCc3ccccc3)c2)C1.